The van der Waals surface area contributed by atoms with Crippen LogP contribution in [0.1, 0.15) is 25.8 Å². The van der Waals surface area contributed by atoms with Crippen molar-refractivity contribution in [2.75, 3.05) is 6.61 Å². The van der Waals surface area contributed by atoms with Crippen molar-refractivity contribution in [3.63, 3.8) is 0 Å². The molecule has 2 bridgehead atoms. The van der Waals surface area contributed by atoms with E-state index < -0.39 is 12.1 Å². The first-order valence-corrected chi connectivity index (χ1v) is 10.5. The van der Waals surface area contributed by atoms with E-state index in [1.54, 1.807) is 6.92 Å². The number of nitrogens with zero attached hydrogens (tertiary/aromatic N) is 2. The van der Waals surface area contributed by atoms with E-state index in [9.17, 15) is 14.4 Å². The number of hydrazone groups is 1. The number of imide groups is 1. The van der Waals surface area contributed by atoms with E-state index in [4.69, 9.17) is 32.7 Å². The second kappa shape index (κ2) is 8.04. The Balaban J connectivity index is 1.49. The van der Waals surface area contributed by atoms with Gasteiger partial charge in [-0.2, -0.15) is 10.1 Å². The quantitative estimate of drug-likeness (QED) is 0.286. The molecule has 4 rings (SSSR count). The summed E-state index contributed by atoms with van der Waals surface area (Å²) in [7, 11) is 0. The van der Waals surface area contributed by atoms with Crippen LogP contribution in [0.4, 0.5) is 0 Å². The second-order valence-corrected chi connectivity index (χ2v) is 8.37. The molecule has 2 fully saturated rings. The van der Waals surface area contributed by atoms with Crippen molar-refractivity contribution in [2.24, 2.45) is 28.8 Å². The third-order valence-corrected chi connectivity index (χ3v) is 6.26. The maximum absolute atomic E-state index is 12.7. The molecule has 9 heteroatoms. The first-order valence-electron chi connectivity index (χ1n) is 9.74. The number of benzene rings is 1. The zero-order valence-corrected chi connectivity index (χ0v) is 17.9. The lowest BCUT2D eigenvalue weighted by molar-refractivity contribution is -0.150. The summed E-state index contributed by atoms with van der Waals surface area (Å²) in [6.07, 6.45) is 5.39. The number of rotatable bonds is 6. The Morgan fingerprint density at radius 1 is 1.20 bits per heavy atom. The Hall–Kier alpha value is -2.38. The Morgan fingerprint density at radius 2 is 1.77 bits per heavy atom. The fourth-order valence-corrected chi connectivity index (χ4v) is 4.97. The van der Waals surface area contributed by atoms with Crippen LogP contribution in [-0.2, 0) is 19.1 Å². The SMILES string of the molecule is CCOC(=O)C(C)Oc1c(Cl)cc(C=NN2C(=O)C3C4C=CC(C4)C3C2=O)cc1Cl. The predicted octanol–water partition coefficient (Wildman–Crippen LogP) is 3.46. The van der Waals surface area contributed by atoms with Crippen molar-refractivity contribution in [3.05, 3.63) is 39.9 Å². The standard InChI is InChI=1S/C21H20Cl2N2O5/c1-3-29-21(28)10(2)30-18-14(22)6-11(7-15(18)23)9-24-25-19(26)16-12-4-5-13(8-12)17(16)20(25)27/h4-7,9-10,12-13,16-17H,3,8H2,1-2H3. The van der Waals surface area contributed by atoms with Crippen LogP contribution in [0, 0.1) is 23.7 Å². The normalized spacial score (nSPS) is 27.8. The summed E-state index contributed by atoms with van der Waals surface area (Å²) < 4.78 is 10.4. The van der Waals surface area contributed by atoms with E-state index in [2.05, 4.69) is 5.10 Å². The van der Waals surface area contributed by atoms with Crippen molar-refractivity contribution < 1.29 is 23.9 Å². The van der Waals surface area contributed by atoms with E-state index in [1.165, 1.54) is 25.3 Å². The maximum Gasteiger partial charge on any atom is 0.347 e. The monoisotopic (exact) mass is 450 g/mol. The van der Waals surface area contributed by atoms with Crippen molar-refractivity contribution in [1.82, 2.24) is 5.01 Å². The van der Waals surface area contributed by atoms with Gasteiger partial charge in [-0.3, -0.25) is 9.59 Å². The van der Waals surface area contributed by atoms with Crippen molar-refractivity contribution >= 4 is 47.2 Å². The van der Waals surface area contributed by atoms with Crippen molar-refractivity contribution in [1.29, 1.82) is 0 Å². The third kappa shape index (κ3) is 3.50. The number of ether oxygens (including phenoxy) is 2. The van der Waals surface area contributed by atoms with Crippen LogP contribution in [0.25, 0.3) is 0 Å². The minimum absolute atomic E-state index is 0.123. The fraction of sp³-hybridized carbons (Fsp3) is 0.429. The number of amides is 2. The van der Waals surface area contributed by atoms with Gasteiger partial charge < -0.3 is 9.47 Å². The zero-order chi connectivity index (χ0) is 21.6. The number of fused-ring (bicyclic) bond motifs is 5. The summed E-state index contributed by atoms with van der Waals surface area (Å²) in [6.45, 7) is 3.46. The van der Waals surface area contributed by atoms with E-state index in [0.717, 1.165) is 11.4 Å². The van der Waals surface area contributed by atoms with Crippen LogP contribution >= 0.6 is 23.2 Å². The van der Waals surface area contributed by atoms with E-state index >= 15 is 0 Å². The number of esters is 1. The lowest BCUT2D eigenvalue weighted by atomic mass is 9.85. The molecule has 158 valence electrons. The van der Waals surface area contributed by atoms with E-state index in [0.29, 0.717) is 5.56 Å². The van der Waals surface area contributed by atoms with Gasteiger partial charge in [0.15, 0.2) is 11.9 Å². The molecule has 0 radical (unpaired) electrons. The molecule has 7 nitrogen and oxygen atoms in total. The smallest absolute Gasteiger partial charge is 0.347 e. The number of carbonyl (C=O) groups is 3. The summed E-state index contributed by atoms with van der Waals surface area (Å²) in [5, 5.41) is 5.39. The molecule has 2 aliphatic carbocycles. The Kier molecular flexibility index (Phi) is 5.59. The number of halogens is 2. The van der Waals surface area contributed by atoms with Gasteiger partial charge in [-0.15, -0.1) is 0 Å². The second-order valence-electron chi connectivity index (χ2n) is 7.56. The van der Waals surface area contributed by atoms with Gasteiger partial charge in [0.05, 0.1) is 34.7 Å². The summed E-state index contributed by atoms with van der Waals surface area (Å²) >= 11 is 12.5. The molecular formula is C21H20Cl2N2O5. The van der Waals surface area contributed by atoms with E-state index in [1.807, 2.05) is 12.2 Å². The number of hydrogen-bond donors (Lipinski definition) is 0. The molecule has 1 aromatic rings. The molecular weight excluding hydrogens is 431 g/mol. The molecule has 0 N–H and O–H groups in total. The summed E-state index contributed by atoms with van der Waals surface area (Å²) in [4.78, 5) is 37.1. The van der Waals surface area contributed by atoms with Crippen molar-refractivity contribution in [2.45, 2.75) is 26.4 Å². The molecule has 0 aromatic heterocycles. The zero-order valence-electron chi connectivity index (χ0n) is 16.4. The summed E-state index contributed by atoms with van der Waals surface area (Å²) in [5.74, 6) is -1.29. The van der Waals surface area contributed by atoms with Crippen LogP contribution in [0.5, 0.6) is 5.75 Å². The average Bonchev–Trinajstić information content (AvgIpc) is 3.37. The number of carbonyl (C=O) groups excluding carboxylic acids is 3. The van der Waals surface area contributed by atoms with Gasteiger partial charge in [0, 0.05) is 0 Å². The lowest BCUT2D eigenvalue weighted by Gasteiger charge is -2.16. The van der Waals surface area contributed by atoms with Gasteiger partial charge in [0.1, 0.15) is 0 Å². The highest BCUT2D eigenvalue weighted by atomic mass is 35.5. The van der Waals surface area contributed by atoms with Crippen LogP contribution in [0.2, 0.25) is 10.0 Å². The van der Waals surface area contributed by atoms with Gasteiger partial charge >= 0.3 is 5.97 Å². The first kappa shape index (κ1) is 20.9. The van der Waals surface area contributed by atoms with Crippen LogP contribution in [-0.4, -0.2) is 41.7 Å². The molecule has 5 unspecified atom stereocenters. The molecule has 30 heavy (non-hydrogen) atoms. The molecule has 0 spiro atoms. The largest absolute Gasteiger partial charge is 0.476 e. The molecule has 1 saturated heterocycles. The fourth-order valence-electron chi connectivity index (χ4n) is 4.38. The maximum atomic E-state index is 12.7. The molecule has 5 atom stereocenters. The Bertz CT molecular complexity index is 923. The summed E-state index contributed by atoms with van der Waals surface area (Å²) in [6, 6.07) is 3.06. The van der Waals surface area contributed by atoms with Gasteiger partial charge in [0.25, 0.3) is 11.8 Å². The Morgan fingerprint density at radius 3 is 2.30 bits per heavy atom. The number of allylic oxidation sites excluding steroid dienone is 2. The highest BCUT2D eigenvalue weighted by molar-refractivity contribution is 6.37. The van der Waals surface area contributed by atoms with E-state index in [-0.39, 0.29) is 57.9 Å². The molecule has 1 aromatic carbocycles. The molecule has 2 amide bonds. The topological polar surface area (TPSA) is 85.3 Å². The lowest BCUT2D eigenvalue weighted by Crippen LogP contribution is -2.28. The van der Waals surface area contributed by atoms with Crippen LogP contribution in [0.3, 0.4) is 0 Å². The Labute approximate surface area is 183 Å². The minimum atomic E-state index is -0.886. The van der Waals surface area contributed by atoms with Gasteiger partial charge in [0.2, 0.25) is 0 Å². The molecule has 1 heterocycles. The minimum Gasteiger partial charge on any atom is -0.476 e. The van der Waals surface area contributed by atoms with Gasteiger partial charge in [-0.1, -0.05) is 35.4 Å². The molecule has 3 aliphatic rings. The molecule has 1 saturated carbocycles. The first-order chi connectivity index (χ1) is 14.3. The summed E-state index contributed by atoms with van der Waals surface area (Å²) in [5.41, 5.74) is 0.486. The average molecular weight is 451 g/mol. The van der Waals surface area contributed by atoms with Crippen LogP contribution in [0.15, 0.2) is 29.4 Å². The molecule has 1 aliphatic heterocycles. The van der Waals surface area contributed by atoms with Gasteiger partial charge in [-0.25, -0.2) is 4.79 Å². The highest BCUT2D eigenvalue weighted by Crippen LogP contribution is 2.52. The van der Waals surface area contributed by atoms with Crippen LogP contribution < -0.4 is 4.74 Å². The highest BCUT2D eigenvalue weighted by Gasteiger charge is 2.59. The van der Waals surface area contributed by atoms with Crippen molar-refractivity contribution in [3.8, 4) is 5.75 Å². The third-order valence-electron chi connectivity index (χ3n) is 5.70. The number of hydrogen-bond acceptors (Lipinski definition) is 6. The predicted molar refractivity (Wildman–Crippen MR) is 110 cm³/mol. The van der Waals surface area contributed by atoms with Gasteiger partial charge in [-0.05, 0) is 49.8 Å².